The van der Waals surface area contributed by atoms with Crippen molar-refractivity contribution < 1.29 is 14.6 Å². The zero-order chi connectivity index (χ0) is 25.2. The van der Waals surface area contributed by atoms with Crippen LogP contribution in [0.4, 0.5) is 0 Å². The van der Waals surface area contributed by atoms with Crippen LogP contribution in [-0.2, 0) is 22.3 Å². The molecule has 4 atom stereocenters. The normalized spacial score (nSPS) is 24.9. The fourth-order valence-corrected chi connectivity index (χ4v) is 6.82. The van der Waals surface area contributed by atoms with Crippen molar-refractivity contribution in [3.8, 4) is 0 Å². The van der Waals surface area contributed by atoms with Gasteiger partial charge in [-0.3, -0.25) is 0 Å². The summed E-state index contributed by atoms with van der Waals surface area (Å²) in [6.07, 6.45) is 3.21. The lowest BCUT2D eigenvalue weighted by atomic mass is 9.82. The fraction of sp³-hybridized carbons (Fsp3) is 0.387. The van der Waals surface area contributed by atoms with Gasteiger partial charge < -0.3 is 14.6 Å². The van der Waals surface area contributed by atoms with Gasteiger partial charge in [-0.15, -0.1) is 5.73 Å². The zero-order valence-corrected chi connectivity index (χ0v) is 22.3. The molecule has 4 unspecified atom stereocenters. The number of aliphatic hydroxyl groups excluding tert-OH is 1. The fourth-order valence-electron chi connectivity index (χ4n) is 5.27. The van der Waals surface area contributed by atoms with Crippen LogP contribution in [-0.4, -0.2) is 25.4 Å². The first-order valence-corrected chi connectivity index (χ1v) is 16.2. The van der Waals surface area contributed by atoms with E-state index in [0.29, 0.717) is 6.10 Å². The predicted octanol–water partition coefficient (Wildman–Crippen LogP) is 7.24. The average molecular weight is 487 g/mol. The Morgan fingerprint density at radius 2 is 1.57 bits per heavy atom. The van der Waals surface area contributed by atoms with Crippen molar-refractivity contribution in [2.75, 3.05) is 0 Å². The Morgan fingerprint density at radius 1 is 0.943 bits per heavy atom. The predicted molar refractivity (Wildman–Crippen MR) is 146 cm³/mol. The molecule has 1 saturated heterocycles. The van der Waals surface area contributed by atoms with Gasteiger partial charge in [-0.25, -0.2) is 0 Å². The van der Waals surface area contributed by atoms with Crippen LogP contribution in [0, 0.1) is 0 Å². The summed E-state index contributed by atoms with van der Waals surface area (Å²) in [6.45, 7) is 19.0. The number of aliphatic hydroxyl groups is 1. The van der Waals surface area contributed by atoms with E-state index in [9.17, 15) is 5.11 Å². The third-order valence-corrected chi connectivity index (χ3v) is 8.40. The van der Waals surface area contributed by atoms with Crippen molar-refractivity contribution >= 4 is 8.07 Å². The molecule has 0 aromatic heterocycles. The highest BCUT2D eigenvalue weighted by Crippen LogP contribution is 2.43. The molecule has 0 radical (unpaired) electrons. The van der Waals surface area contributed by atoms with Crippen LogP contribution in [0.2, 0.25) is 25.7 Å². The molecule has 2 bridgehead atoms. The topological polar surface area (TPSA) is 38.7 Å². The molecule has 3 nitrogen and oxygen atoms in total. The van der Waals surface area contributed by atoms with Crippen LogP contribution >= 0.6 is 0 Å². The molecule has 1 fully saturated rings. The second-order valence-corrected chi connectivity index (χ2v) is 16.6. The van der Waals surface area contributed by atoms with E-state index in [-0.39, 0.29) is 12.2 Å². The molecule has 0 saturated carbocycles. The minimum Gasteiger partial charge on any atom is -0.365 e. The van der Waals surface area contributed by atoms with Gasteiger partial charge in [0, 0.05) is 20.1 Å². The maximum Gasteiger partial charge on any atom is 0.181 e. The Hall–Kier alpha value is -2.46. The minimum atomic E-state index is -1.17. The van der Waals surface area contributed by atoms with E-state index in [1.54, 1.807) is 0 Å². The zero-order valence-electron chi connectivity index (χ0n) is 21.3. The van der Waals surface area contributed by atoms with E-state index in [1.165, 1.54) is 22.3 Å². The first kappa shape index (κ1) is 25.6. The molecule has 0 amide bonds. The molecule has 2 aromatic rings. The summed E-state index contributed by atoms with van der Waals surface area (Å²) in [7, 11) is -1.17. The molecular formula is C31H38O3Si. The van der Waals surface area contributed by atoms with Gasteiger partial charge >= 0.3 is 0 Å². The summed E-state index contributed by atoms with van der Waals surface area (Å²) in [4.78, 5) is 0. The summed E-state index contributed by atoms with van der Waals surface area (Å²) >= 11 is 0. The number of rotatable bonds is 4. The van der Waals surface area contributed by atoms with Crippen LogP contribution < -0.4 is 0 Å². The smallest absolute Gasteiger partial charge is 0.181 e. The van der Waals surface area contributed by atoms with Gasteiger partial charge in [-0.2, -0.15) is 0 Å². The van der Waals surface area contributed by atoms with Crippen LogP contribution in [0.15, 0.2) is 90.7 Å². The van der Waals surface area contributed by atoms with Crippen molar-refractivity contribution in [3.05, 3.63) is 113 Å². The summed E-state index contributed by atoms with van der Waals surface area (Å²) in [5.74, 6) is 0. The first-order chi connectivity index (χ1) is 16.6. The van der Waals surface area contributed by atoms with E-state index >= 15 is 0 Å². The van der Waals surface area contributed by atoms with Crippen molar-refractivity contribution in [2.45, 2.75) is 76.0 Å². The van der Waals surface area contributed by atoms with Crippen LogP contribution in [0.3, 0.4) is 0 Å². The second kappa shape index (κ2) is 10.7. The van der Waals surface area contributed by atoms with E-state index < -0.39 is 14.4 Å². The van der Waals surface area contributed by atoms with Gasteiger partial charge in [0.1, 0.15) is 6.10 Å². The number of hydrogen-bond acceptors (Lipinski definition) is 3. The summed E-state index contributed by atoms with van der Waals surface area (Å²) < 4.78 is 11.7. The third-order valence-electron chi connectivity index (χ3n) is 6.92. The minimum absolute atomic E-state index is 0.0282. The highest BCUT2D eigenvalue weighted by molar-refractivity contribution is 6.76. The van der Waals surface area contributed by atoms with E-state index in [0.717, 1.165) is 48.4 Å². The molecule has 0 aliphatic carbocycles. The van der Waals surface area contributed by atoms with Gasteiger partial charge in [0.25, 0.3) is 0 Å². The van der Waals surface area contributed by atoms with Gasteiger partial charge in [-0.1, -0.05) is 87.9 Å². The molecule has 4 heteroatoms. The summed E-state index contributed by atoms with van der Waals surface area (Å²) in [6, 6.07) is 17.5. The molecule has 1 N–H and O–H groups in total. The number of fused-ring (bicyclic) bond motifs is 5. The standard InChI is InChI=1S/C17H24O2Si.C14H14O/c1-5-13(12-20(2,3)4)10-15-11-14-8-6-7-9-16(14)17(18)19-15;1-9-7-12-8-11-5-3-4-6-13(11)14(15-12)10(9)2/h6-9,15,17-18H,1,10-12H2,2-4H3;3-6,12,14H,1-2,7-8H2. The van der Waals surface area contributed by atoms with Gasteiger partial charge in [0.05, 0.1) is 12.2 Å². The van der Waals surface area contributed by atoms with Crippen molar-refractivity contribution in [2.24, 2.45) is 0 Å². The van der Waals surface area contributed by atoms with Gasteiger partial charge in [0.15, 0.2) is 6.29 Å². The summed E-state index contributed by atoms with van der Waals surface area (Å²) in [5.41, 5.74) is 11.3. The molecule has 35 heavy (non-hydrogen) atoms. The molecule has 5 rings (SSSR count). The Kier molecular flexibility index (Phi) is 7.80. The Morgan fingerprint density at radius 3 is 2.23 bits per heavy atom. The quantitative estimate of drug-likeness (QED) is 0.365. The lowest BCUT2D eigenvalue weighted by Gasteiger charge is -2.39. The summed E-state index contributed by atoms with van der Waals surface area (Å²) in [5, 5.41) is 10.1. The number of ether oxygens (including phenoxy) is 2. The Labute approximate surface area is 211 Å². The molecule has 2 aromatic carbocycles. The second-order valence-electron chi connectivity index (χ2n) is 11.1. The van der Waals surface area contributed by atoms with Crippen molar-refractivity contribution in [1.29, 1.82) is 0 Å². The first-order valence-electron chi connectivity index (χ1n) is 12.5. The third kappa shape index (κ3) is 6.21. The average Bonchev–Trinajstić information content (AvgIpc) is 2.81. The Balaban J connectivity index is 0.000000171. The molecular weight excluding hydrogens is 448 g/mol. The molecule has 0 spiro atoms. The lowest BCUT2D eigenvalue weighted by molar-refractivity contribution is -0.148. The molecule has 3 heterocycles. The molecule has 3 aliphatic rings. The van der Waals surface area contributed by atoms with Crippen LogP contribution in [0.5, 0.6) is 0 Å². The Bertz CT molecular complexity index is 1150. The van der Waals surface area contributed by atoms with Crippen LogP contribution in [0.1, 0.15) is 47.5 Å². The maximum atomic E-state index is 10.1. The SMILES string of the molecule is C=C1CC2Cc3ccccc3C(O2)C1=C.C=C=C(CC1Cc2ccccc2C(O)O1)C[Si](C)(C)C. The van der Waals surface area contributed by atoms with E-state index in [4.69, 9.17) is 9.47 Å². The monoisotopic (exact) mass is 486 g/mol. The van der Waals surface area contributed by atoms with E-state index in [2.05, 4.69) is 75.4 Å². The van der Waals surface area contributed by atoms with Crippen LogP contribution in [0.25, 0.3) is 0 Å². The number of hydrogen-bond donors (Lipinski definition) is 1. The van der Waals surface area contributed by atoms with Gasteiger partial charge in [0.2, 0.25) is 0 Å². The van der Waals surface area contributed by atoms with E-state index in [1.807, 2.05) is 18.2 Å². The van der Waals surface area contributed by atoms with Gasteiger partial charge in [-0.05, 0) is 58.7 Å². The maximum absolute atomic E-state index is 10.1. The molecule has 3 aliphatic heterocycles. The molecule has 184 valence electrons. The number of benzene rings is 2. The highest BCUT2D eigenvalue weighted by Gasteiger charge is 2.34. The highest BCUT2D eigenvalue weighted by atomic mass is 28.3. The van der Waals surface area contributed by atoms with Crippen molar-refractivity contribution in [3.63, 3.8) is 0 Å². The largest absolute Gasteiger partial charge is 0.365 e. The lowest BCUT2D eigenvalue weighted by Crippen LogP contribution is -2.32. The van der Waals surface area contributed by atoms with Crippen molar-refractivity contribution in [1.82, 2.24) is 0 Å².